The van der Waals surface area contributed by atoms with Crippen LogP contribution in [0.3, 0.4) is 0 Å². The summed E-state index contributed by atoms with van der Waals surface area (Å²) in [5.74, 6) is 0.786. The predicted octanol–water partition coefficient (Wildman–Crippen LogP) is 7.29. The minimum Gasteiger partial charge on any atom is -0.495 e. The molecule has 0 radical (unpaired) electrons. The SMILES string of the molecule is CCCC(C)(NC)C(=O)OCCN(CC)c1ccc(C2=C(OC)/C(=C\c3sc4ccccc4[n+]3CC)C2=C2CCC2)cc1. The first-order valence-electron chi connectivity index (χ1n) is 15.7. The lowest BCUT2D eigenvalue weighted by Gasteiger charge is -2.35. The second kappa shape index (κ2) is 13.5. The normalized spacial score (nSPS) is 17.1. The van der Waals surface area contributed by atoms with Gasteiger partial charge in [0.2, 0.25) is 5.52 Å². The highest BCUT2D eigenvalue weighted by Gasteiger charge is 2.37. The molecule has 1 unspecified atom stereocenters. The highest BCUT2D eigenvalue weighted by Crippen LogP contribution is 2.52. The summed E-state index contributed by atoms with van der Waals surface area (Å²) in [7, 11) is 3.61. The Balaban J connectivity index is 1.38. The lowest BCUT2D eigenvalue weighted by atomic mass is 9.72. The number of ether oxygens (including phenoxy) is 2. The van der Waals surface area contributed by atoms with Crippen LogP contribution in [0.15, 0.2) is 71.0 Å². The number of aromatic nitrogens is 1. The molecule has 1 fully saturated rings. The Kier molecular flexibility index (Phi) is 9.72. The molecule has 2 aromatic carbocycles. The number of rotatable bonds is 13. The first kappa shape index (κ1) is 31.0. The fraction of sp³-hybridized carbons (Fsp3) is 0.444. The number of benzene rings is 2. The van der Waals surface area contributed by atoms with Gasteiger partial charge in [0.25, 0.3) is 5.01 Å². The third kappa shape index (κ3) is 6.02. The Bertz CT molecular complexity index is 1560. The van der Waals surface area contributed by atoms with Gasteiger partial charge in [0.1, 0.15) is 29.1 Å². The second-order valence-corrected chi connectivity index (χ2v) is 12.6. The number of fused-ring (bicyclic) bond motifs is 1. The number of hydrogen-bond acceptors (Lipinski definition) is 6. The number of thiazole rings is 1. The average molecular weight is 601 g/mol. The number of methoxy groups -OCH3 is 1. The smallest absolute Gasteiger partial charge is 0.326 e. The molecular weight excluding hydrogens is 554 g/mol. The van der Waals surface area contributed by atoms with E-state index < -0.39 is 5.54 Å². The molecule has 2 aliphatic carbocycles. The van der Waals surface area contributed by atoms with Gasteiger partial charge in [-0.05, 0) is 82.8 Å². The minimum atomic E-state index is -0.642. The molecule has 2 aliphatic rings. The number of aryl methyl sites for hydroxylation is 1. The van der Waals surface area contributed by atoms with Crippen LogP contribution < -0.4 is 14.8 Å². The van der Waals surface area contributed by atoms with Gasteiger partial charge >= 0.3 is 5.97 Å². The predicted molar refractivity (Wildman–Crippen MR) is 178 cm³/mol. The molecule has 1 atom stereocenters. The lowest BCUT2D eigenvalue weighted by molar-refractivity contribution is -0.665. The van der Waals surface area contributed by atoms with E-state index in [0.717, 1.165) is 50.2 Å². The Labute approximate surface area is 260 Å². The first-order valence-corrected chi connectivity index (χ1v) is 16.6. The van der Waals surface area contributed by atoms with Crippen LogP contribution in [-0.4, -0.2) is 45.4 Å². The van der Waals surface area contributed by atoms with Crippen LogP contribution in [0, 0.1) is 0 Å². The summed E-state index contributed by atoms with van der Waals surface area (Å²) in [6.07, 6.45) is 7.56. The van der Waals surface area contributed by atoms with Gasteiger partial charge in [-0.25, -0.2) is 0 Å². The topological polar surface area (TPSA) is 54.7 Å². The van der Waals surface area contributed by atoms with Gasteiger partial charge in [-0.3, -0.25) is 4.79 Å². The molecule has 0 bridgehead atoms. The van der Waals surface area contributed by atoms with Crippen LogP contribution >= 0.6 is 11.3 Å². The van der Waals surface area contributed by atoms with Crippen molar-refractivity contribution in [1.29, 1.82) is 0 Å². The van der Waals surface area contributed by atoms with Crippen LogP contribution in [-0.2, 0) is 20.8 Å². The zero-order chi connectivity index (χ0) is 30.6. The number of hydrogen-bond donors (Lipinski definition) is 1. The zero-order valence-corrected chi connectivity index (χ0v) is 27.4. The summed E-state index contributed by atoms with van der Waals surface area (Å²) in [5.41, 5.74) is 8.28. The van der Waals surface area contributed by atoms with E-state index in [1.54, 1.807) is 7.11 Å². The highest BCUT2D eigenvalue weighted by molar-refractivity contribution is 7.18. The molecule has 5 rings (SSSR count). The van der Waals surface area contributed by atoms with Crippen molar-refractivity contribution in [2.24, 2.45) is 0 Å². The van der Waals surface area contributed by atoms with Gasteiger partial charge in [-0.15, -0.1) is 0 Å². The van der Waals surface area contributed by atoms with Crippen molar-refractivity contribution in [3.63, 3.8) is 0 Å². The van der Waals surface area contributed by atoms with E-state index in [-0.39, 0.29) is 5.97 Å². The fourth-order valence-electron chi connectivity index (χ4n) is 6.19. The molecule has 0 saturated heterocycles. The van der Waals surface area contributed by atoms with Gasteiger partial charge in [-0.2, -0.15) is 4.57 Å². The number of nitrogens with zero attached hydrogens (tertiary/aromatic N) is 2. The number of esters is 1. The van der Waals surface area contributed by atoms with E-state index in [1.807, 2.05) is 25.3 Å². The van der Waals surface area contributed by atoms with Crippen molar-refractivity contribution in [2.45, 2.75) is 71.9 Å². The van der Waals surface area contributed by atoms with Crippen LogP contribution in [0.25, 0.3) is 21.9 Å². The highest BCUT2D eigenvalue weighted by atomic mass is 32.1. The Morgan fingerprint density at radius 2 is 1.84 bits per heavy atom. The fourth-order valence-corrected chi connectivity index (χ4v) is 7.35. The van der Waals surface area contributed by atoms with E-state index in [4.69, 9.17) is 9.47 Å². The monoisotopic (exact) mass is 600 g/mol. The molecule has 0 aliphatic heterocycles. The quantitative estimate of drug-likeness (QED) is 0.165. The molecule has 1 N–H and O–H groups in total. The summed E-state index contributed by atoms with van der Waals surface area (Å²) in [6.45, 7) is 11.1. The Morgan fingerprint density at radius 1 is 1.09 bits per heavy atom. The van der Waals surface area contributed by atoms with Crippen LogP contribution in [0.2, 0.25) is 0 Å². The molecule has 7 heteroatoms. The van der Waals surface area contributed by atoms with Crippen molar-refractivity contribution >= 4 is 44.9 Å². The van der Waals surface area contributed by atoms with Crippen molar-refractivity contribution in [1.82, 2.24) is 5.32 Å². The third-order valence-corrected chi connectivity index (χ3v) is 10.1. The van der Waals surface area contributed by atoms with Gasteiger partial charge < -0.3 is 19.7 Å². The molecule has 6 nitrogen and oxygen atoms in total. The van der Waals surface area contributed by atoms with Crippen molar-refractivity contribution in [3.8, 4) is 0 Å². The van der Waals surface area contributed by atoms with Crippen LogP contribution in [0.1, 0.15) is 70.4 Å². The molecule has 1 saturated carbocycles. The largest absolute Gasteiger partial charge is 0.495 e. The molecule has 3 aromatic rings. The van der Waals surface area contributed by atoms with E-state index in [9.17, 15) is 4.79 Å². The molecule has 0 spiro atoms. The maximum atomic E-state index is 12.7. The molecular formula is C36H46N3O3S+. The summed E-state index contributed by atoms with van der Waals surface area (Å²) in [5, 5.41) is 4.39. The number of anilines is 1. The molecule has 43 heavy (non-hydrogen) atoms. The number of allylic oxidation sites excluding steroid dienone is 3. The van der Waals surface area contributed by atoms with E-state index >= 15 is 0 Å². The maximum Gasteiger partial charge on any atom is 0.326 e. The van der Waals surface area contributed by atoms with Crippen molar-refractivity contribution in [2.75, 3.05) is 38.8 Å². The van der Waals surface area contributed by atoms with Gasteiger partial charge in [0, 0.05) is 35.5 Å². The minimum absolute atomic E-state index is 0.187. The number of carbonyl (C=O) groups excluding carboxylic acids is 1. The molecule has 228 valence electrons. The van der Waals surface area contributed by atoms with Gasteiger partial charge in [-0.1, -0.05) is 54.5 Å². The van der Waals surface area contributed by atoms with E-state index in [1.165, 1.54) is 49.5 Å². The molecule has 1 aromatic heterocycles. The number of likely N-dealkylation sites (N-methyl/N-ethyl adjacent to an activating group) is 2. The summed E-state index contributed by atoms with van der Waals surface area (Å²) >= 11 is 1.84. The standard InChI is InChI=1S/C36H46N3O3S/c1-7-21-36(4,37-5)35(40)42-23-22-38(8-2)27-19-17-26(18-20-27)33-32(25-13-12-14-25)28(34(33)41-6)24-31-39(9-3)29-15-10-11-16-30(29)43-31/h10-11,15-20,24,37H,7-9,12-14,21-23H2,1-6H3/q+1. The second-order valence-electron chi connectivity index (χ2n) is 11.5. The molecule has 0 amide bonds. The Morgan fingerprint density at radius 3 is 2.44 bits per heavy atom. The number of para-hydroxylation sites is 1. The van der Waals surface area contributed by atoms with Gasteiger partial charge in [0.15, 0.2) is 0 Å². The number of carbonyl (C=O) groups is 1. The van der Waals surface area contributed by atoms with E-state index in [2.05, 4.69) is 90.2 Å². The van der Waals surface area contributed by atoms with Gasteiger partial charge in [0.05, 0.1) is 13.7 Å². The lowest BCUT2D eigenvalue weighted by Crippen LogP contribution is -2.49. The average Bonchev–Trinajstić information content (AvgIpc) is 3.36. The first-order chi connectivity index (χ1) is 20.9. The summed E-state index contributed by atoms with van der Waals surface area (Å²) in [4.78, 5) is 15.0. The molecule has 1 heterocycles. The van der Waals surface area contributed by atoms with E-state index in [0.29, 0.717) is 13.2 Å². The summed E-state index contributed by atoms with van der Waals surface area (Å²) in [6, 6.07) is 17.4. The number of nitrogens with one attached hydrogen (secondary N) is 1. The van der Waals surface area contributed by atoms with Crippen molar-refractivity contribution in [3.05, 3.63) is 81.6 Å². The zero-order valence-electron chi connectivity index (χ0n) is 26.6. The maximum absolute atomic E-state index is 12.7. The third-order valence-electron chi connectivity index (χ3n) is 8.98. The van der Waals surface area contributed by atoms with Crippen LogP contribution in [0.4, 0.5) is 5.69 Å². The Hall–Kier alpha value is -3.42. The summed E-state index contributed by atoms with van der Waals surface area (Å²) < 4.78 is 15.5. The van der Waals surface area contributed by atoms with Crippen molar-refractivity contribution < 1.29 is 18.8 Å². The van der Waals surface area contributed by atoms with Crippen LogP contribution in [0.5, 0.6) is 0 Å².